The molecule has 0 aliphatic carbocycles. The Bertz CT molecular complexity index is 636. The van der Waals surface area contributed by atoms with E-state index in [1.54, 1.807) is 29.9 Å². The minimum Gasteiger partial charge on any atom is -0.387 e. The van der Waals surface area contributed by atoms with E-state index in [4.69, 9.17) is 11.6 Å². The number of amides is 1. The van der Waals surface area contributed by atoms with E-state index in [0.29, 0.717) is 17.1 Å². The molecule has 0 saturated heterocycles. The Hall–Kier alpha value is -2.01. The first-order valence-electron chi connectivity index (χ1n) is 6.26. The van der Waals surface area contributed by atoms with Crippen molar-refractivity contribution in [3.63, 3.8) is 0 Å². The summed E-state index contributed by atoms with van der Waals surface area (Å²) in [7, 11) is 3.62. The van der Waals surface area contributed by atoms with Crippen LogP contribution in [-0.2, 0) is 13.6 Å². The molecule has 0 unspecified atom stereocenters. The lowest BCUT2D eigenvalue weighted by atomic mass is 10.1. The summed E-state index contributed by atoms with van der Waals surface area (Å²) in [5, 5.41) is 10.6. The Labute approximate surface area is 122 Å². The van der Waals surface area contributed by atoms with Crippen molar-refractivity contribution >= 4 is 23.2 Å². The minimum absolute atomic E-state index is 0.167. The highest BCUT2D eigenvalue weighted by Crippen LogP contribution is 2.20. The fourth-order valence-corrected chi connectivity index (χ4v) is 2.19. The van der Waals surface area contributed by atoms with Crippen molar-refractivity contribution in [1.82, 2.24) is 15.1 Å². The third-order valence-corrected chi connectivity index (χ3v) is 3.29. The summed E-state index contributed by atoms with van der Waals surface area (Å²) in [6.07, 6.45) is 1.90. The molecular weight excluding hydrogens is 276 g/mol. The molecule has 1 aromatic carbocycles. The lowest BCUT2D eigenvalue weighted by Crippen LogP contribution is -2.23. The van der Waals surface area contributed by atoms with Gasteiger partial charge in [0.1, 0.15) is 0 Å². The Balaban J connectivity index is 2.12. The number of hydrogen-bond donors (Lipinski definition) is 2. The van der Waals surface area contributed by atoms with Gasteiger partial charge in [-0.3, -0.25) is 9.48 Å². The molecule has 106 valence electrons. The second kappa shape index (κ2) is 5.96. The highest BCUT2D eigenvalue weighted by molar-refractivity contribution is 6.31. The number of carbonyl (C=O) groups excluding carboxylic acids is 1. The molecule has 0 fully saturated rings. The highest BCUT2D eigenvalue weighted by atomic mass is 35.5. The Morgan fingerprint density at radius 2 is 2.20 bits per heavy atom. The Morgan fingerprint density at radius 3 is 2.80 bits per heavy atom. The van der Waals surface area contributed by atoms with Gasteiger partial charge < -0.3 is 10.6 Å². The summed E-state index contributed by atoms with van der Waals surface area (Å²) in [5.74, 6) is -0.167. The van der Waals surface area contributed by atoms with Crippen molar-refractivity contribution in [3.8, 4) is 0 Å². The summed E-state index contributed by atoms with van der Waals surface area (Å²) in [5.41, 5.74) is 3.18. The molecule has 0 aliphatic heterocycles. The van der Waals surface area contributed by atoms with Gasteiger partial charge in [-0.1, -0.05) is 11.6 Å². The van der Waals surface area contributed by atoms with E-state index in [1.165, 1.54) is 0 Å². The molecule has 0 saturated carbocycles. The van der Waals surface area contributed by atoms with Crippen molar-refractivity contribution in [2.45, 2.75) is 13.5 Å². The zero-order chi connectivity index (χ0) is 14.7. The van der Waals surface area contributed by atoms with Gasteiger partial charge in [0.2, 0.25) is 0 Å². The SMILES string of the molecule is CNc1ccc(Cl)cc1C(=O)NCc1cn(C)nc1C. The molecule has 5 nitrogen and oxygen atoms in total. The molecule has 2 aromatic rings. The normalized spacial score (nSPS) is 10.4. The van der Waals surface area contributed by atoms with Crippen LogP contribution in [0.5, 0.6) is 0 Å². The van der Waals surface area contributed by atoms with Crippen LogP contribution in [0.1, 0.15) is 21.6 Å². The van der Waals surface area contributed by atoms with Crippen LogP contribution < -0.4 is 10.6 Å². The van der Waals surface area contributed by atoms with Gasteiger partial charge in [0.15, 0.2) is 0 Å². The molecule has 2 N–H and O–H groups in total. The Morgan fingerprint density at radius 1 is 1.45 bits per heavy atom. The zero-order valence-corrected chi connectivity index (χ0v) is 12.5. The van der Waals surface area contributed by atoms with Gasteiger partial charge in [-0.05, 0) is 25.1 Å². The van der Waals surface area contributed by atoms with Crippen LogP contribution in [0.15, 0.2) is 24.4 Å². The molecule has 20 heavy (non-hydrogen) atoms. The lowest BCUT2D eigenvalue weighted by Gasteiger charge is -2.10. The van der Waals surface area contributed by atoms with Crippen LogP contribution >= 0.6 is 11.6 Å². The summed E-state index contributed by atoms with van der Waals surface area (Å²) >= 11 is 5.94. The van der Waals surface area contributed by atoms with Crippen molar-refractivity contribution in [2.24, 2.45) is 7.05 Å². The third kappa shape index (κ3) is 3.11. The fourth-order valence-electron chi connectivity index (χ4n) is 2.02. The zero-order valence-electron chi connectivity index (χ0n) is 11.7. The molecule has 1 amide bonds. The topological polar surface area (TPSA) is 59.0 Å². The number of nitrogens with zero attached hydrogens (tertiary/aromatic N) is 2. The van der Waals surface area contributed by atoms with E-state index in [-0.39, 0.29) is 5.91 Å². The van der Waals surface area contributed by atoms with Gasteiger partial charge >= 0.3 is 0 Å². The maximum atomic E-state index is 12.2. The second-order valence-electron chi connectivity index (χ2n) is 4.54. The van der Waals surface area contributed by atoms with Gasteiger partial charge in [0.25, 0.3) is 5.91 Å². The molecule has 1 heterocycles. The first-order valence-corrected chi connectivity index (χ1v) is 6.63. The van der Waals surface area contributed by atoms with Crippen LogP contribution in [0.4, 0.5) is 5.69 Å². The molecule has 0 atom stereocenters. The standard InChI is InChI=1S/C14H17ClN4O/c1-9-10(8-19(3)18-9)7-17-14(20)12-6-11(15)4-5-13(12)16-2/h4-6,8,16H,7H2,1-3H3,(H,17,20). The number of aryl methyl sites for hydroxylation is 2. The van der Waals surface area contributed by atoms with Crippen molar-refractivity contribution in [1.29, 1.82) is 0 Å². The smallest absolute Gasteiger partial charge is 0.253 e. The van der Waals surface area contributed by atoms with E-state index in [2.05, 4.69) is 15.7 Å². The quantitative estimate of drug-likeness (QED) is 0.909. The predicted molar refractivity (Wildman–Crippen MR) is 80.1 cm³/mol. The number of halogens is 1. The molecular formula is C14H17ClN4O. The molecule has 0 bridgehead atoms. The van der Waals surface area contributed by atoms with E-state index >= 15 is 0 Å². The van der Waals surface area contributed by atoms with Gasteiger partial charge in [0, 0.05) is 43.1 Å². The maximum Gasteiger partial charge on any atom is 0.253 e. The van der Waals surface area contributed by atoms with Crippen LogP contribution in [-0.4, -0.2) is 22.7 Å². The van der Waals surface area contributed by atoms with Crippen molar-refractivity contribution in [2.75, 3.05) is 12.4 Å². The van der Waals surface area contributed by atoms with E-state index in [9.17, 15) is 4.79 Å². The number of rotatable bonds is 4. The average Bonchev–Trinajstić information content (AvgIpc) is 2.74. The van der Waals surface area contributed by atoms with Crippen LogP contribution in [0.2, 0.25) is 5.02 Å². The first kappa shape index (κ1) is 14.4. The average molecular weight is 293 g/mol. The van der Waals surface area contributed by atoms with Gasteiger partial charge in [0.05, 0.1) is 11.3 Å². The summed E-state index contributed by atoms with van der Waals surface area (Å²) in [6, 6.07) is 5.18. The van der Waals surface area contributed by atoms with Crippen LogP contribution in [0.3, 0.4) is 0 Å². The Kier molecular flexibility index (Phi) is 4.29. The third-order valence-electron chi connectivity index (χ3n) is 3.05. The largest absolute Gasteiger partial charge is 0.387 e. The predicted octanol–water partition coefficient (Wildman–Crippen LogP) is 2.35. The molecule has 0 radical (unpaired) electrons. The molecule has 2 rings (SSSR count). The molecule has 6 heteroatoms. The fraction of sp³-hybridized carbons (Fsp3) is 0.286. The number of aromatic nitrogens is 2. The number of carbonyl (C=O) groups is 1. The van der Waals surface area contributed by atoms with Crippen molar-refractivity contribution < 1.29 is 4.79 Å². The van der Waals surface area contributed by atoms with Crippen molar-refractivity contribution in [3.05, 3.63) is 46.2 Å². The summed E-state index contributed by atoms with van der Waals surface area (Å²) in [4.78, 5) is 12.2. The number of benzene rings is 1. The van der Waals surface area contributed by atoms with Crippen LogP contribution in [0, 0.1) is 6.92 Å². The number of hydrogen-bond acceptors (Lipinski definition) is 3. The van der Waals surface area contributed by atoms with Gasteiger partial charge in [-0.2, -0.15) is 5.10 Å². The second-order valence-corrected chi connectivity index (χ2v) is 4.97. The highest BCUT2D eigenvalue weighted by Gasteiger charge is 2.12. The number of anilines is 1. The van der Waals surface area contributed by atoms with Gasteiger partial charge in [-0.15, -0.1) is 0 Å². The first-order chi connectivity index (χ1) is 9.51. The number of nitrogens with one attached hydrogen (secondary N) is 2. The van der Waals surface area contributed by atoms with E-state index in [0.717, 1.165) is 16.9 Å². The summed E-state index contributed by atoms with van der Waals surface area (Å²) in [6.45, 7) is 2.36. The molecule has 0 aliphatic rings. The maximum absolute atomic E-state index is 12.2. The van der Waals surface area contributed by atoms with E-state index < -0.39 is 0 Å². The minimum atomic E-state index is -0.167. The molecule has 0 spiro atoms. The monoisotopic (exact) mass is 292 g/mol. The van der Waals surface area contributed by atoms with Crippen LogP contribution in [0.25, 0.3) is 0 Å². The summed E-state index contributed by atoms with van der Waals surface area (Å²) < 4.78 is 1.73. The van der Waals surface area contributed by atoms with Gasteiger partial charge in [-0.25, -0.2) is 0 Å². The van der Waals surface area contributed by atoms with E-state index in [1.807, 2.05) is 20.2 Å². The lowest BCUT2D eigenvalue weighted by molar-refractivity contribution is 0.0951. The molecule has 1 aromatic heterocycles.